The zero-order chi connectivity index (χ0) is 19.3. The summed E-state index contributed by atoms with van der Waals surface area (Å²) >= 11 is 0. The van der Waals surface area contributed by atoms with Gasteiger partial charge in [0.1, 0.15) is 6.10 Å². The summed E-state index contributed by atoms with van der Waals surface area (Å²) in [4.78, 5) is 12.2. The minimum atomic E-state index is 0.0240. The molecule has 0 atom stereocenters. The molecular weight excluding hydrogens is 322 g/mol. The van der Waals surface area contributed by atoms with E-state index in [1.54, 1.807) is 0 Å². The third-order valence-corrected chi connectivity index (χ3v) is 5.14. The zero-order valence-electron chi connectivity index (χ0n) is 17.9. The van der Waals surface area contributed by atoms with Crippen LogP contribution in [0.2, 0.25) is 0 Å². The Hall–Kier alpha value is -0.570. The Morgan fingerprint density at radius 3 is 1.69 bits per heavy atom. The first kappa shape index (κ1) is 25.4. The molecule has 0 radical (unpaired) electrons. The molecule has 156 valence electrons. The van der Waals surface area contributed by atoms with Crippen LogP contribution < -0.4 is 5.73 Å². The molecule has 0 aliphatic carbocycles. The Kier molecular flexibility index (Phi) is 20.3. The molecule has 0 saturated carbocycles. The normalized spacial score (nSPS) is 11.2. The Balaban J connectivity index is 3.95. The lowest BCUT2D eigenvalue weighted by Gasteiger charge is -2.18. The number of esters is 1. The topological polar surface area (TPSA) is 52.3 Å². The van der Waals surface area contributed by atoms with Crippen LogP contribution in [-0.2, 0) is 9.53 Å². The average molecular weight is 370 g/mol. The lowest BCUT2D eigenvalue weighted by atomic mass is 10.0. The van der Waals surface area contributed by atoms with E-state index in [0.717, 1.165) is 38.6 Å². The molecule has 0 aliphatic rings. The fourth-order valence-corrected chi connectivity index (χ4v) is 3.40. The maximum atomic E-state index is 12.2. The second-order valence-corrected chi connectivity index (χ2v) is 7.82. The van der Waals surface area contributed by atoms with Crippen molar-refractivity contribution in [3.63, 3.8) is 0 Å². The minimum Gasteiger partial charge on any atom is -0.462 e. The van der Waals surface area contributed by atoms with Crippen molar-refractivity contribution in [2.24, 2.45) is 5.73 Å². The van der Waals surface area contributed by atoms with E-state index in [1.165, 1.54) is 77.0 Å². The second kappa shape index (κ2) is 20.7. The van der Waals surface area contributed by atoms with Gasteiger partial charge in [0.15, 0.2) is 0 Å². The number of ether oxygens (including phenoxy) is 1. The fraction of sp³-hybridized carbons (Fsp3) is 0.957. The smallest absolute Gasteiger partial charge is 0.306 e. The molecular formula is C23H47NO2. The molecule has 0 amide bonds. The molecule has 0 aromatic carbocycles. The van der Waals surface area contributed by atoms with Crippen molar-refractivity contribution in [2.45, 2.75) is 136 Å². The van der Waals surface area contributed by atoms with E-state index in [-0.39, 0.29) is 12.1 Å². The largest absolute Gasteiger partial charge is 0.462 e. The first-order chi connectivity index (χ1) is 12.7. The lowest BCUT2D eigenvalue weighted by molar-refractivity contribution is -0.150. The van der Waals surface area contributed by atoms with Gasteiger partial charge < -0.3 is 10.5 Å². The van der Waals surface area contributed by atoms with E-state index in [4.69, 9.17) is 10.5 Å². The number of hydrogen-bond acceptors (Lipinski definition) is 3. The third-order valence-electron chi connectivity index (χ3n) is 5.14. The highest BCUT2D eigenvalue weighted by atomic mass is 16.5. The van der Waals surface area contributed by atoms with E-state index < -0.39 is 0 Å². The highest BCUT2D eigenvalue weighted by Gasteiger charge is 2.14. The van der Waals surface area contributed by atoms with Crippen molar-refractivity contribution in [3.05, 3.63) is 0 Å². The van der Waals surface area contributed by atoms with E-state index in [0.29, 0.717) is 6.42 Å². The summed E-state index contributed by atoms with van der Waals surface area (Å²) in [6.45, 7) is 5.27. The highest BCUT2D eigenvalue weighted by molar-refractivity contribution is 5.69. The predicted molar refractivity (Wildman–Crippen MR) is 113 cm³/mol. The van der Waals surface area contributed by atoms with E-state index >= 15 is 0 Å². The van der Waals surface area contributed by atoms with Gasteiger partial charge in [-0.15, -0.1) is 0 Å². The van der Waals surface area contributed by atoms with Gasteiger partial charge in [-0.05, 0) is 45.1 Å². The summed E-state index contributed by atoms with van der Waals surface area (Å²) in [5.41, 5.74) is 5.51. The van der Waals surface area contributed by atoms with Gasteiger partial charge in [0.2, 0.25) is 0 Å². The number of carbonyl (C=O) groups is 1. The van der Waals surface area contributed by atoms with Crippen molar-refractivity contribution in [2.75, 3.05) is 6.54 Å². The molecule has 0 bridgehead atoms. The molecule has 0 aromatic heterocycles. The number of rotatable bonds is 20. The zero-order valence-corrected chi connectivity index (χ0v) is 17.9. The number of nitrogens with two attached hydrogens (primary N) is 1. The second-order valence-electron chi connectivity index (χ2n) is 7.82. The minimum absolute atomic E-state index is 0.0240. The summed E-state index contributed by atoms with van der Waals surface area (Å²) in [6.07, 6.45) is 21.2. The molecule has 0 rings (SSSR count). The van der Waals surface area contributed by atoms with Crippen LogP contribution in [0.3, 0.4) is 0 Å². The summed E-state index contributed by atoms with van der Waals surface area (Å²) in [5, 5.41) is 0. The summed E-state index contributed by atoms with van der Waals surface area (Å²) in [7, 11) is 0. The monoisotopic (exact) mass is 369 g/mol. The first-order valence-electron chi connectivity index (χ1n) is 11.6. The van der Waals surface area contributed by atoms with Gasteiger partial charge in [-0.25, -0.2) is 0 Å². The SMILES string of the molecule is CCCCCCCC(CCCCCCC)OC(=O)CCCCCCCN. The molecule has 3 nitrogen and oxygen atoms in total. The van der Waals surface area contributed by atoms with Crippen molar-refractivity contribution in [1.29, 1.82) is 0 Å². The Labute approximate surface area is 163 Å². The lowest BCUT2D eigenvalue weighted by Crippen LogP contribution is -2.18. The number of hydrogen-bond donors (Lipinski definition) is 1. The summed E-state index contributed by atoms with van der Waals surface area (Å²) in [6, 6.07) is 0. The van der Waals surface area contributed by atoms with Crippen LogP contribution in [0.25, 0.3) is 0 Å². The summed E-state index contributed by atoms with van der Waals surface area (Å²) < 4.78 is 5.83. The van der Waals surface area contributed by atoms with Gasteiger partial charge in [-0.3, -0.25) is 4.79 Å². The number of unbranched alkanes of at least 4 members (excludes halogenated alkanes) is 12. The standard InChI is InChI=1S/C23H47NO2/c1-3-5-7-10-14-18-22(19-15-11-8-6-4-2)26-23(25)20-16-12-9-13-17-21-24/h22H,3-21,24H2,1-2H3. The molecule has 0 aliphatic heterocycles. The van der Waals surface area contributed by atoms with Crippen LogP contribution in [0.5, 0.6) is 0 Å². The van der Waals surface area contributed by atoms with Crippen molar-refractivity contribution in [1.82, 2.24) is 0 Å². The maximum Gasteiger partial charge on any atom is 0.306 e. The Bertz CT molecular complexity index is 280. The Morgan fingerprint density at radius 1 is 0.692 bits per heavy atom. The van der Waals surface area contributed by atoms with Gasteiger partial charge in [0.25, 0.3) is 0 Å². The van der Waals surface area contributed by atoms with Gasteiger partial charge >= 0.3 is 5.97 Å². The maximum absolute atomic E-state index is 12.2. The molecule has 0 saturated heterocycles. The third kappa shape index (κ3) is 18.2. The van der Waals surface area contributed by atoms with Gasteiger partial charge in [0, 0.05) is 6.42 Å². The molecule has 0 unspecified atom stereocenters. The number of carbonyl (C=O) groups excluding carboxylic acids is 1. The fourth-order valence-electron chi connectivity index (χ4n) is 3.40. The molecule has 0 spiro atoms. The van der Waals surface area contributed by atoms with E-state index in [2.05, 4.69) is 13.8 Å². The molecule has 2 N–H and O–H groups in total. The van der Waals surface area contributed by atoms with Crippen LogP contribution in [0, 0.1) is 0 Å². The van der Waals surface area contributed by atoms with Crippen LogP contribution in [-0.4, -0.2) is 18.6 Å². The molecule has 3 heteroatoms. The van der Waals surface area contributed by atoms with Crippen LogP contribution in [0.4, 0.5) is 0 Å². The molecule has 0 heterocycles. The van der Waals surface area contributed by atoms with Crippen LogP contribution in [0.1, 0.15) is 129 Å². The van der Waals surface area contributed by atoms with Crippen molar-refractivity contribution in [3.8, 4) is 0 Å². The summed E-state index contributed by atoms with van der Waals surface area (Å²) in [5.74, 6) is 0.0240. The molecule has 0 aromatic rings. The average Bonchev–Trinajstić information content (AvgIpc) is 2.64. The molecule has 0 fully saturated rings. The van der Waals surface area contributed by atoms with Gasteiger partial charge in [-0.1, -0.05) is 84.5 Å². The van der Waals surface area contributed by atoms with E-state index in [9.17, 15) is 4.79 Å². The van der Waals surface area contributed by atoms with Crippen LogP contribution >= 0.6 is 0 Å². The predicted octanol–water partition coefficient (Wildman–Crippen LogP) is 6.92. The van der Waals surface area contributed by atoms with Gasteiger partial charge in [0.05, 0.1) is 0 Å². The van der Waals surface area contributed by atoms with E-state index in [1.807, 2.05) is 0 Å². The van der Waals surface area contributed by atoms with Crippen molar-refractivity contribution < 1.29 is 9.53 Å². The van der Waals surface area contributed by atoms with Crippen molar-refractivity contribution >= 4 is 5.97 Å². The first-order valence-corrected chi connectivity index (χ1v) is 11.6. The molecule has 26 heavy (non-hydrogen) atoms. The van der Waals surface area contributed by atoms with Gasteiger partial charge in [-0.2, -0.15) is 0 Å². The highest BCUT2D eigenvalue weighted by Crippen LogP contribution is 2.17. The Morgan fingerprint density at radius 2 is 1.15 bits per heavy atom. The van der Waals surface area contributed by atoms with Crippen LogP contribution in [0.15, 0.2) is 0 Å². The quantitative estimate of drug-likeness (QED) is 0.187.